The Bertz CT molecular complexity index is 943. The van der Waals surface area contributed by atoms with Crippen LogP contribution >= 0.6 is 0 Å². The van der Waals surface area contributed by atoms with Crippen molar-refractivity contribution in [2.24, 2.45) is 5.92 Å². The summed E-state index contributed by atoms with van der Waals surface area (Å²) in [6, 6.07) is 10.0. The van der Waals surface area contributed by atoms with E-state index in [0.29, 0.717) is 5.69 Å². The number of halogens is 1. The van der Waals surface area contributed by atoms with Gasteiger partial charge in [0, 0.05) is 5.69 Å². The number of carbonyl (C=O) groups is 3. The molecule has 0 bridgehead atoms. The van der Waals surface area contributed by atoms with Gasteiger partial charge in [-0.1, -0.05) is 43.7 Å². The Morgan fingerprint density at radius 2 is 1.67 bits per heavy atom. The van der Waals surface area contributed by atoms with E-state index in [-0.39, 0.29) is 11.5 Å². The number of carbonyl (C=O) groups excluding carboxylic acids is 3. The first-order valence-corrected chi connectivity index (χ1v) is 9.74. The van der Waals surface area contributed by atoms with Gasteiger partial charge in [0.25, 0.3) is 11.8 Å². The van der Waals surface area contributed by atoms with Gasteiger partial charge in [0.15, 0.2) is 6.10 Å². The van der Waals surface area contributed by atoms with Crippen molar-refractivity contribution in [1.82, 2.24) is 5.32 Å². The standard InChI is InChI=1S/C23H27FN2O4/c1-13(2)20(26-22(28)17-8-6-7-9-18(17)24)23(29)30-16(5)21(27)25-19-11-10-14(3)12-15(19)4/h6-13,16,20H,1-5H3,(H,25,27)(H,26,28)/t16-,20+/m1/s1. The Morgan fingerprint density at radius 1 is 1.00 bits per heavy atom. The molecule has 0 aliphatic rings. The molecule has 2 aromatic carbocycles. The molecular formula is C23H27FN2O4. The van der Waals surface area contributed by atoms with Crippen molar-refractivity contribution in [2.75, 3.05) is 5.32 Å². The first-order chi connectivity index (χ1) is 14.1. The maximum absolute atomic E-state index is 13.8. The Balaban J connectivity index is 2.03. The zero-order valence-corrected chi connectivity index (χ0v) is 17.8. The second-order valence-electron chi connectivity index (χ2n) is 7.56. The summed E-state index contributed by atoms with van der Waals surface area (Å²) >= 11 is 0. The maximum Gasteiger partial charge on any atom is 0.329 e. The number of ether oxygens (including phenoxy) is 1. The van der Waals surface area contributed by atoms with Crippen LogP contribution in [0.5, 0.6) is 0 Å². The lowest BCUT2D eigenvalue weighted by atomic mass is 10.0. The molecule has 2 aromatic rings. The van der Waals surface area contributed by atoms with E-state index in [1.165, 1.54) is 25.1 Å². The van der Waals surface area contributed by atoms with E-state index in [9.17, 15) is 18.8 Å². The minimum Gasteiger partial charge on any atom is -0.451 e. The minimum atomic E-state index is -1.08. The number of hydrogen-bond acceptors (Lipinski definition) is 4. The summed E-state index contributed by atoms with van der Waals surface area (Å²) in [6.07, 6.45) is -1.08. The molecule has 2 N–H and O–H groups in total. The summed E-state index contributed by atoms with van der Waals surface area (Å²) in [4.78, 5) is 37.4. The van der Waals surface area contributed by atoms with Crippen molar-refractivity contribution >= 4 is 23.5 Å². The molecule has 160 valence electrons. The largest absolute Gasteiger partial charge is 0.451 e. The van der Waals surface area contributed by atoms with Crippen LogP contribution < -0.4 is 10.6 Å². The minimum absolute atomic E-state index is 0.170. The fraction of sp³-hybridized carbons (Fsp3) is 0.348. The van der Waals surface area contributed by atoms with Crippen LogP contribution in [-0.2, 0) is 14.3 Å². The average Bonchev–Trinajstić information content (AvgIpc) is 2.67. The third kappa shape index (κ3) is 5.89. The topological polar surface area (TPSA) is 84.5 Å². The molecule has 0 unspecified atom stereocenters. The molecule has 0 aromatic heterocycles. The van der Waals surface area contributed by atoms with Crippen molar-refractivity contribution in [3.05, 3.63) is 65.0 Å². The third-order valence-corrected chi connectivity index (χ3v) is 4.63. The molecule has 2 atom stereocenters. The molecule has 6 nitrogen and oxygen atoms in total. The molecule has 0 fully saturated rings. The van der Waals surface area contributed by atoms with E-state index in [4.69, 9.17) is 4.74 Å². The lowest BCUT2D eigenvalue weighted by Crippen LogP contribution is -2.47. The van der Waals surface area contributed by atoms with E-state index in [1.54, 1.807) is 19.9 Å². The molecule has 0 aliphatic carbocycles. The molecule has 2 amide bonds. The van der Waals surface area contributed by atoms with Gasteiger partial charge in [0.1, 0.15) is 11.9 Å². The highest BCUT2D eigenvalue weighted by Gasteiger charge is 2.30. The summed E-state index contributed by atoms with van der Waals surface area (Å²) in [5.41, 5.74) is 2.41. The number of aryl methyl sites for hydroxylation is 2. The number of anilines is 1. The van der Waals surface area contributed by atoms with Crippen LogP contribution in [0.4, 0.5) is 10.1 Å². The van der Waals surface area contributed by atoms with Crippen molar-refractivity contribution in [3.8, 4) is 0 Å². The Labute approximate surface area is 175 Å². The van der Waals surface area contributed by atoms with E-state index in [1.807, 2.05) is 26.0 Å². The Hall–Kier alpha value is -3.22. The summed E-state index contributed by atoms with van der Waals surface area (Å²) in [5, 5.41) is 5.23. The van der Waals surface area contributed by atoms with Crippen LogP contribution in [0.3, 0.4) is 0 Å². The normalized spacial score (nSPS) is 12.8. The molecule has 0 radical (unpaired) electrons. The molecular weight excluding hydrogens is 387 g/mol. The van der Waals surface area contributed by atoms with Crippen LogP contribution in [0, 0.1) is 25.6 Å². The number of esters is 1. The number of amides is 2. The lowest BCUT2D eigenvalue weighted by Gasteiger charge is -2.23. The van der Waals surface area contributed by atoms with Gasteiger partial charge in [0.05, 0.1) is 5.56 Å². The summed E-state index contributed by atoms with van der Waals surface area (Å²) in [5.74, 6) is -3.00. The summed E-state index contributed by atoms with van der Waals surface area (Å²) < 4.78 is 19.1. The summed E-state index contributed by atoms with van der Waals surface area (Å²) in [6.45, 7) is 8.70. The highest BCUT2D eigenvalue weighted by molar-refractivity contribution is 5.98. The van der Waals surface area contributed by atoms with Crippen molar-refractivity contribution in [3.63, 3.8) is 0 Å². The monoisotopic (exact) mass is 414 g/mol. The van der Waals surface area contributed by atoms with Crippen LogP contribution in [-0.4, -0.2) is 29.9 Å². The van der Waals surface area contributed by atoms with Gasteiger partial charge >= 0.3 is 5.97 Å². The van der Waals surface area contributed by atoms with Crippen LogP contribution in [0.25, 0.3) is 0 Å². The average molecular weight is 414 g/mol. The van der Waals surface area contributed by atoms with Crippen molar-refractivity contribution in [1.29, 1.82) is 0 Å². The predicted molar refractivity (Wildman–Crippen MR) is 113 cm³/mol. The highest BCUT2D eigenvalue weighted by Crippen LogP contribution is 2.17. The second kappa shape index (κ2) is 10.0. The van der Waals surface area contributed by atoms with Crippen molar-refractivity contribution in [2.45, 2.75) is 46.8 Å². The first-order valence-electron chi connectivity index (χ1n) is 9.74. The molecule has 30 heavy (non-hydrogen) atoms. The van der Waals surface area contributed by atoms with Crippen LogP contribution in [0.2, 0.25) is 0 Å². The Morgan fingerprint density at radius 3 is 2.27 bits per heavy atom. The molecule has 0 saturated carbocycles. The quantitative estimate of drug-likeness (QED) is 0.676. The third-order valence-electron chi connectivity index (χ3n) is 4.63. The molecule has 0 saturated heterocycles. The van der Waals surface area contributed by atoms with Crippen LogP contribution in [0.15, 0.2) is 42.5 Å². The van der Waals surface area contributed by atoms with Gasteiger partial charge in [-0.3, -0.25) is 9.59 Å². The lowest BCUT2D eigenvalue weighted by molar-refractivity contribution is -0.156. The zero-order valence-electron chi connectivity index (χ0n) is 17.8. The van der Waals surface area contributed by atoms with E-state index >= 15 is 0 Å². The van der Waals surface area contributed by atoms with E-state index in [2.05, 4.69) is 10.6 Å². The SMILES string of the molecule is Cc1ccc(NC(=O)[C@@H](C)OC(=O)[C@@H](NC(=O)c2ccccc2F)C(C)C)c(C)c1. The van der Waals surface area contributed by atoms with Gasteiger partial charge in [-0.25, -0.2) is 9.18 Å². The molecule has 0 spiro atoms. The second-order valence-corrected chi connectivity index (χ2v) is 7.56. The molecule has 0 aliphatic heterocycles. The molecule has 7 heteroatoms. The van der Waals surface area contributed by atoms with E-state index < -0.39 is 35.7 Å². The summed E-state index contributed by atoms with van der Waals surface area (Å²) in [7, 11) is 0. The maximum atomic E-state index is 13.8. The number of nitrogens with one attached hydrogen (secondary N) is 2. The smallest absolute Gasteiger partial charge is 0.329 e. The number of benzene rings is 2. The van der Waals surface area contributed by atoms with Gasteiger partial charge in [-0.2, -0.15) is 0 Å². The van der Waals surface area contributed by atoms with Gasteiger partial charge in [0.2, 0.25) is 0 Å². The Kier molecular flexibility index (Phi) is 7.69. The number of hydrogen-bond donors (Lipinski definition) is 2. The van der Waals surface area contributed by atoms with Gasteiger partial charge < -0.3 is 15.4 Å². The zero-order chi connectivity index (χ0) is 22.4. The fourth-order valence-electron chi connectivity index (χ4n) is 2.85. The van der Waals surface area contributed by atoms with E-state index in [0.717, 1.165) is 17.2 Å². The first kappa shape index (κ1) is 23.1. The molecule has 0 heterocycles. The number of rotatable bonds is 7. The highest BCUT2D eigenvalue weighted by atomic mass is 19.1. The fourth-order valence-corrected chi connectivity index (χ4v) is 2.85. The predicted octanol–water partition coefficient (Wildman–Crippen LogP) is 3.77. The van der Waals surface area contributed by atoms with Crippen molar-refractivity contribution < 1.29 is 23.5 Å². The molecule has 2 rings (SSSR count). The van der Waals surface area contributed by atoms with Gasteiger partial charge in [-0.15, -0.1) is 0 Å². The van der Waals surface area contributed by atoms with Crippen LogP contribution in [0.1, 0.15) is 42.3 Å². The van der Waals surface area contributed by atoms with Gasteiger partial charge in [-0.05, 0) is 50.5 Å².